The van der Waals surface area contributed by atoms with Crippen LogP contribution in [0.15, 0.2) is 6.07 Å². The normalized spacial score (nSPS) is 21.1. The van der Waals surface area contributed by atoms with Crippen LogP contribution in [0.2, 0.25) is 0 Å². The van der Waals surface area contributed by atoms with E-state index in [2.05, 4.69) is 10.4 Å². The van der Waals surface area contributed by atoms with E-state index in [1.165, 1.54) is 32.1 Å². The van der Waals surface area contributed by atoms with Crippen LogP contribution < -0.4 is 11.1 Å². The van der Waals surface area contributed by atoms with Gasteiger partial charge in [0, 0.05) is 19.0 Å². The van der Waals surface area contributed by atoms with Crippen molar-refractivity contribution in [1.29, 1.82) is 0 Å². The average Bonchev–Trinajstić information content (AvgIpc) is 3.07. The van der Waals surface area contributed by atoms with E-state index in [0.29, 0.717) is 5.92 Å². The van der Waals surface area contributed by atoms with Gasteiger partial charge in [-0.3, -0.25) is 9.48 Å². The molecule has 3 N–H and O–H groups in total. The van der Waals surface area contributed by atoms with E-state index >= 15 is 0 Å². The second-order valence-electron chi connectivity index (χ2n) is 6.02. The highest BCUT2D eigenvalue weighted by molar-refractivity contribution is 5.99. The predicted molar refractivity (Wildman–Crippen MR) is 81.1 cm³/mol. The summed E-state index contributed by atoms with van der Waals surface area (Å²) in [6, 6.07) is 2.01. The molecule has 0 atom stereocenters. The molecule has 5 nitrogen and oxygen atoms in total. The summed E-state index contributed by atoms with van der Waals surface area (Å²) >= 11 is 0. The molecular formula is C14H23ClN4O. The number of aromatic nitrogens is 2. The number of hydrogen-bond acceptors (Lipinski definition) is 3. The summed E-state index contributed by atoms with van der Waals surface area (Å²) in [5.41, 5.74) is 6.38. The van der Waals surface area contributed by atoms with Crippen molar-refractivity contribution in [3.63, 3.8) is 0 Å². The van der Waals surface area contributed by atoms with Gasteiger partial charge in [-0.25, -0.2) is 0 Å². The molecule has 0 aromatic carbocycles. The van der Waals surface area contributed by atoms with Crippen molar-refractivity contribution in [2.75, 3.05) is 5.32 Å². The highest BCUT2D eigenvalue weighted by Crippen LogP contribution is 2.35. The van der Waals surface area contributed by atoms with Crippen LogP contribution >= 0.6 is 12.4 Å². The lowest BCUT2D eigenvalue weighted by molar-refractivity contribution is -0.118. The molecule has 2 aliphatic rings. The van der Waals surface area contributed by atoms with Crippen LogP contribution in [0.1, 0.15) is 56.6 Å². The smallest absolute Gasteiger partial charge is 0.245 e. The van der Waals surface area contributed by atoms with E-state index in [9.17, 15) is 4.79 Å². The lowest BCUT2D eigenvalue weighted by Gasteiger charge is -2.19. The zero-order valence-corrected chi connectivity index (χ0v) is 12.7. The number of amides is 1. The molecule has 2 saturated carbocycles. The summed E-state index contributed by atoms with van der Waals surface area (Å²) in [5, 5.41) is 7.46. The number of hydrogen-bond donors (Lipinski definition) is 2. The summed E-state index contributed by atoms with van der Waals surface area (Å²) in [7, 11) is 1.87. The Morgan fingerprint density at radius 1 is 1.40 bits per heavy atom. The molecule has 0 radical (unpaired) electrons. The van der Waals surface area contributed by atoms with E-state index in [-0.39, 0.29) is 18.3 Å². The molecule has 2 aliphatic carbocycles. The van der Waals surface area contributed by atoms with Gasteiger partial charge in [-0.05, 0) is 25.7 Å². The molecule has 0 aliphatic heterocycles. The minimum atomic E-state index is -0.630. The molecule has 3 rings (SSSR count). The quantitative estimate of drug-likeness (QED) is 0.899. The van der Waals surface area contributed by atoms with Crippen LogP contribution in [-0.4, -0.2) is 21.2 Å². The van der Waals surface area contributed by atoms with Gasteiger partial charge in [-0.1, -0.05) is 19.3 Å². The van der Waals surface area contributed by atoms with Crippen molar-refractivity contribution >= 4 is 24.1 Å². The van der Waals surface area contributed by atoms with Crippen LogP contribution in [0.25, 0.3) is 0 Å². The van der Waals surface area contributed by atoms with Gasteiger partial charge in [0.2, 0.25) is 5.91 Å². The zero-order chi connectivity index (χ0) is 13.5. The van der Waals surface area contributed by atoms with E-state index < -0.39 is 5.54 Å². The van der Waals surface area contributed by atoms with Gasteiger partial charge in [0.05, 0.1) is 11.2 Å². The number of carbonyl (C=O) groups is 1. The van der Waals surface area contributed by atoms with Gasteiger partial charge in [0.25, 0.3) is 0 Å². The standard InChI is InChI=1S/C14H22N4O.ClH/c1-18-12(16-13(19)14(15)7-8-14)9-11(17-18)10-5-3-2-4-6-10;/h9-10H,2-8,15H2,1H3,(H,16,19);1H. The highest BCUT2D eigenvalue weighted by Gasteiger charge is 2.46. The maximum absolute atomic E-state index is 12.0. The molecule has 112 valence electrons. The molecule has 1 aromatic heterocycles. The molecule has 6 heteroatoms. The number of rotatable bonds is 3. The molecule has 0 spiro atoms. The fourth-order valence-electron chi connectivity index (χ4n) is 2.81. The second-order valence-corrected chi connectivity index (χ2v) is 6.02. The Balaban J connectivity index is 0.00000147. The van der Waals surface area contributed by atoms with Gasteiger partial charge >= 0.3 is 0 Å². The number of nitrogens with one attached hydrogen (secondary N) is 1. The summed E-state index contributed by atoms with van der Waals surface area (Å²) in [6.07, 6.45) is 7.90. The maximum Gasteiger partial charge on any atom is 0.245 e. The Bertz CT molecular complexity index is 489. The largest absolute Gasteiger partial charge is 0.317 e. The average molecular weight is 299 g/mol. The monoisotopic (exact) mass is 298 g/mol. The fraction of sp³-hybridized carbons (Fsp3) is 0.714. The molecule has 0 saturated heterocycles. The number of anilines is 1. The second kappa shape index (κ2) is 5.74. The number of nitrogens with zero attached hydrogens (tertiary/aromatic N) is 2. The van der Waals surface area contributed by atoms with Crippen LogP contribution in [-0.2, 0) is 11.8 Å². The Hall–Kier alpha value is -1.07. The van der Waals surface area contributed by atoms with E-state index in [4.69, 9.17) is 5.73 Å². The third kappa shape index (κ3) is 2.99. The van der Waals surface area contributed by atoms with E-state index in [1.54, 1.807) is 4.68 Å². The van der Waals surface area contributed by atoms with Gasteiger partial charge < -0.3 is 11.1 Å². The first kappa shape index (κ1) is 15.3. The fourth-order valence-corrected chi connectivity index (χ4v) is 2.81. The van der Waals surface area contributed by atoms with E-state index in [1.807, 2.05) is 13.1 Å². The third-order valence-corrected chi connectivity index (χ3v) is 4.40. The molecule has 0 bridgehead atoms. The maximum atomic E-state index is 12.0. The van der Waals surface area contributed by atoms with Gasteiger partial charge in [-0.15, -0.1) is 12.4 Å². The molecule has 0 unspecified atom stereocenters. The lowest BCUT2D eigenvalue weighted by Crippen LogP contribution is -2.38. The summed E-state index contributed by atoms with van der Waals surface area (Å²) in [6.45, 7) is 0. The summed E-state index contributed by atoms with van der Waals surface area (Å²) in [5.74, 6) is 1.24. The Morgan fingerprint density at radius 3 is 2.65 bits per heavy atom. The first-order valence-corrected chi connectivity index (χ1v) is 7.23. The number of carbonyl (C=O) groups excluding carboxylic acids is 1. The number of halogens is 1. The van der Waals surface area contributed by atoms with Crippen molar-refractivity contribution in [1.82, 2.24) is 9.78 Å². The minimum absolute atomic E-state index is 0. The van der Waals surface area contributed by atoms with Crippen molar-refractivity contribution in [2.24, 2.45) is 12.8 Å². The topological polar surface area (TPSA) is 72.9 Å². The predicted octanol–water partition coefficient (Wildman–Crippen LogP) is 2.32. The first-order valence-electron chi connectivity index (χ1n) is 7.23. The SMILES string of the molecule is Cl.Cn1nc(C2CCCCC2)cc1NC(=O)C1(N)CC1. The van der Waals surface area contributed by atoms with Crippen molar-refractivity contribution in [2.45, 2.75) is 56.4 Å². The van der Waals surface area contributed by atoms with Gasteiger partial charge in [0.1, 0.15) is 5.82 Å². The Kier molecular flexibility index (Phi) is 4.39. The van der Waals surface area contributed by atoms with Crippen molar-refractivity contribution < 1.29 is 4.79 Å². The number of nitrogens with two attached hydrogens (primary N) is 1. The van der Waals surface area contributed by atoms with Crippen molar-refractivity contribution in [3.05, 3.63) is 11.8 Å². The minimum Gasteiger partial charge on any atom is -0.317 e. The first-order chi connectivity index (χ1) is 9.08. The zero-order valence-electron chi connectivity index (χ0n) is 11.9. The summed E-state index contributed by atoms with van der Waals surface area (Å²) < 4.78 is 1.76. The van der Waals surface area contributed by atoms with E-state index in [0.717, 1.165) is 24.4 Å². The summed E-state index contributed by atoms with van der Waals surface area (Å²) in [4.78, 5) is 12.0. The lowest BCUT2D eigenvalue weighted by atomic mass is 9.87. The number of aryl methyl sites for hydroxylation is 1. The molecule has 20 heavy (non-hydrogen) atoms. The van der Waals surface area contributed by atoms with Crippen LogP contribution in [0, 0.1) is 0 Å². The molecule has 1 heterocycles. The van der Waals surface area contributed by atoms with Crippen LogP contribution in [0.5, 0.6) is 0 Å². The van der Waals surface area contributed by atoms with Crippen LogP contribution in [0.4, 0.5) is 5.82 Å². The molecule has 2 fully saturated rings. The highest BCUT2D eigenvalue weighted by atomic mass is 35.5. The molecular weight excluding hydrogens is 276 g/mol. The third-order valence-electron chi connectivity index (χ3n) is 4.40. The van der Waals surface area contributed by atoms with Crippen LogP contribution in [0.3, 0.4) is 0 Å². The van der Waals surface area contributed by atoms with Gasteiger partial charge in [0.15, 0.2) is 0 Å². The molecule has 1 amide bonds. The van der Waals surface area contributed by atoms with Crippen molar-refractivity contribution in [3.8, 4) is 0 Å². The Morgan fingerprint density at radius 2 is 2.05 bits per heavy atom. The molecule has 1 aromatic rings. The van der Waals surface area contributed by atoms with Gasteiger partial charge in [-0.2, -0.15) is 5.10 Å². The Labute approximate surface area is 125 Å².